The predicted molar refractivity (Wildman–Crippen MR) is 59.5 cm³/mol. The van der Waals surface area contributed by atoms with Crippen LogP contribution in [0.2, 0.25) is 0 Å². The van der Waals surface area contributed by atoms with Crippen molar-refractivity contribution in [1.82, 2.24) is 0 Å². The maximum atomic E-state index is 13.1. The van der Waals surface area contributed by atoms with Crippen LogP contribution in [0.15, 0.2) is 23.1 Å². The number of nitrogens with two attached hydrogens (primary N) is 1. The summed E-state index contributed by atoms with van der Waals surface area (Å²) in [6.07, 6.45) is 0.906. The van der Waals surface area contributed by atoms with E-state index in [1.54, 1.807) is 23.9 Å². The molecule has 0 bridgehead atoms. The quantitative estimate of drug-likeness (QED) is 0.808. The number of fused-ring (bicyclic) bond motifs is 1. The average Bonchev–Trinajstić information content (AvgIpc) is 2.27. The van der Waals surface area contributed by atoms with Crippen molar-refractivity contribution in [3.8, 4) is 0 Å². The lowest BCUT2D eigenvalue weighted by Crippen LogP contribution is -2.33. The molecule has 0 fully saturated rings. The topological polar surface area (TPSA) is 46.2 Å². The standard InChI is InChI=1S/C11H14FNOS/c12-7-1-2-11-9(5-7)8(3-4-15-11)10(13)6-14/h1-2,5,8,10,14H,3-4,6,13H2. The summed E-state index contributed by atoms with van der Waals surface area (Å²) in [5.41, 5.74) is 6.78. The number of halogens is 1. The highest BCUT2D eigenvalue weighted by molar-refractivity contribution is 7.99. The summed E-state index contributed by atoms with van der Waals surface area (Å²) in [7, 11) is 0. The van der Waals surface area contributed by atoms with Gasteiger partial charge in [0, 0.05) is 16.9 Å². The first-order valence-corrected chi connectivity index (χ1v) is 5.99. The van der Waals surface area contributed by atoms with E-state index in [4.69, 9.17) is 10.8 Å². The molecule has 4 heteroatoms. The van der Waals surface area contributed by atoms with Crippen LogP contribution in [-0.4, -0.2) is 23.5 Å². The van der Waals surface area contributed by atoms with Crippen molar-refractivity contribution >= 4 is 11.8 Å². The van der Waals surface area contributed by atoms with Crippen LogP contribution in [0.3, 0.4) is 0 Å². The Bertz CT molecular complexity index is 358. The molecule has 1 aromatic rings. The summed E-state index contributed by atoms with van der Waals surface area (Å²) in [5, 5.41) is 9.06. The fraction of sp³-hybridized carbons (Fsp3) is 0.455. The third-order valence-electron chi connectivity index (χ3n) is 2.79. The molecule has 3 N–H and O–H groups in total. The molecule has 0 saturated heterocycles. The third kappa shape index (κ3) is 2.17. The van der Waals surface area contributed by atoms with Gasteiger partial charge in [0.15, 0.2) is 0 Å². The SMILES string of the molecule is NC(CO)C1CCSc2ccc(F)cc21. The van der Waals surface area contributed by atoms with Gasteiger partial charge in [-0.3, -0.25) is 0 Å². The van der Waals surface area contributed by atoms with Gasteiger partial charge in [-0.15, -0.1) is 11.8 Å². The smallest absolute Gasteiger partial charge is 0.123 e. The highest BCUT2D eigenvalue weighted by atomic mass is 32.2. The molecular weight excluding hydrogens is 213 g/mol. The zero-order valence-electron chi connectivity index (χ0n) is 8.32. The van der Waals surface area contributed by atoms with Crippen molar-refractivity contribution in [2.24, 2.45) is 5.73 Å². The molecule has 0 spiro atoms. The van der Waals surface area contributed by atoms with Crippen molar-refractivity contribution in [1.29, 1.82) is 0 Å². The molecule has 82 valence electrons. The number of thioether (sulfide) groups is 1. The van der Waals surface area contributed by atoms with Crippen LogP contribution >= 0.6 is 11.8 Å². The summed E-state index contributed by atoms with van der Waals surface area (Å²) >= 11 is 1.73. The Hall–Kier alpha value is -0.580. The van der Waals surface area contributed by atoms with Gasteiger partial charge in [-0.1, -0.05) is 0 Å². The summed E-state index contributed by atoms with van der Waals surface area (Å²) in [6, 6.07) is 4.53. The van der Waals surface area contributed by atoms with E-state index in [2.05, 4.69) is 0 Å². The Labute approximate surface area is 92.7 Å². The minimum absolute atomic E-state index is 0.0503. The molecule has 15 heavy (non-hydrogen) atoms. The van der Waals surface area contributed by atoms with Crippen LogP contribution in [0.25, 0.3) is 0 Å². The number of rotatable bonds is 2. The zero-order valence-corrected chi connectivity index (χ0v) is 9.14. The van der Waals surface area contributed by atoms with Crippen LogP contribution in [0.1, 0.15) is 17.9 Å². The molecule has 2 atom stereocenters. The third-order valence-corrected chi connectivity index (χ3v) is 3.91. The van der Waals surface area contributed by atoms with Crippen LogP contribution in [-0.2, 0) is 0 Å². The first-order chi connectivity index (χ1) is 7.22. The molecule has 0 amide bonds. The van der Waals surface area contributed by atoms with Crippen LogP contribution in [0.5, 0.6) is 0 Å². The summed E-state index contributed by atoms with van der Waals surface area (Å²) in [5.74, 6) is 0.838. The molecule has 1 aromatic carbocycles. The lowest BCUT2D eigenvalue weighted by atomic mass is 9.89. The fourth-order valence-electron chi connectivity index (χ4n) is 1.96. The first-order valence-electron chi connectivity index (χ1n) is 5.01. The van der Waals surface area contributed by atoms with Gasteiger partial charge in [0.25, 0.3) is 0 Å². The summed E-state index contributed by atoms with van der Waals surface area (Å²) < 4.78 is 13.1. The van der Waals surface area contributed by atoms with E-state index in [9.17, 15) is 4.39 Å². The molecule has 0 radical (unpaired) electrons. The maximum absolute atomic E-state index is 13.1. The highest BCUT2D eigenvalue weighted by Crippen LogP contribution is 2.38. The Morgan fingerprint density at radius 3 is 3.13 bits per heavy atom. The van der Waals surface area contributed by atoms with E-state index in [-0.39, 0.29) is 24.4 Å². The Kier molecular flexibility index (Phi) is 3.29. The van der Waals surface area contributed by atoms with Gasteiger partial charge >= 0.3 is 0 Å². The van der Waals surface area contributed by atoms with E-state index in [0.717, 1.165) is 22.6 Å². The molecule has 1 aliphatic heterocycles. The zero-order chi connectivity index (χ0) is 10.8. The van der Waals surface area contributed by atoms with Gasteiger partial charge in [-0.05, 0) is 35.9 Å². The van der Waals surface area contributed by atoms with E-state index in [1.807, 2.05) is 0 Å². The first kappa shape index (κ1) is 10.9. The predicted octanol–water partition coefficient (Wildman–Crippen LogP) is 1.72. The maximum Gasteiger partial charge on any atom is 0.123 e. The monoisotopic (exact) mass is 227 g/mol. The van der Waals surface area contributed by atoms with Gasteiger partial charge < -0.3 is 10.8 Å². The fourth-order valence-corrected chi connectivity index (χ4v) is 3.10. The average molecular weight is 227 g/mol. The second-order valence-electron chi connectivity index (χ2n) is 3.77. The lowest BCUT2D eigenvalue weighted by molar-refractivity contribution is 0.245. The molecule has 0 aliphatic carbocycles. The van der Waals surface area contributed by atoms with Gasteiger partial charge in [-0.25, -0.2) is 4.39 Å². The lowest BCUT2D eigenvalue weighted by Gasteiger charge is -2.28. The van der Waals surface area contributed by atoms with Crippen molar-refractivity contribution < 1.29 is 9.50 Å². The minimum Gasteiger partial charge on any atom is -0.395 e. The Morgan fingerprint density at radius 1 is 1.60 bits per heavy atom. The number of aliphatic hydroxyl groups excluding tert-OH is 1. The van der Waals surface area contributed by atoms with E-state index in [1.165, 1.54) is 6.07 Å². The number of hydrogen-bond donors (Lipinski definition) is 2. The molecule has 2 rings (SSSR count). The molecule has 2 unspecified atom stereocenters. The summed E-state index contributed by atoms with van der Waals surface area (Å²) in [6.45, 7) is -0.0503. The van der Waals surface area contributed by atoms with E-state index >= 15 is 0 Å². The Balaban J connectivity index is 2.36. The Morgan fingerprint density at radius 2 is 2.40 bits per heavy atom. The molecule has 1 heterocycles. The molecule has 2 nitrogen and oxygen atoms in total. The normalized spacial score (nSPS) is 22.2. The molecule has 0 aromatic heterocycles. The number of benzene rings is 1. The minimum atomic E-state index is -0.286. The van der Waals surface area contributed by atoms with Crippen molar-refractivity contribution in [2.45, 2.75) is 23.3 Å². The van der Waals surface area contributed by atoms with Crippen LogP contribution in [0, 0.1) is 5.82 Å². The van der Waals surface area contributed by atoms with E-state index < -0.39 is 0 Å². The highest BCUT2D eigenvalue weighted by Gasteiger charge is 2.25. The van der Waals surface area contributed by atoms with Crippen molar-refractivity contribution in [3.63, 3.8) is 0 Å². The molecule has 0 saturated carbocycles. The van der Waals surface area contributed by atoms with Gasteiger partial charge in [0.2, 0.25) is 0 Å². The number of hydrogen-bond acceptors (Lipinski definition) is 3. The largest absolute Gasteiger partial charge is 0.395 e. The summed E-state index contributed by atoms with van der Waals surface area (Å²) in [4.78, 5) is 1.09. The molecular formula is C11H14FNOS. The van der Waals surface area contributed by atoms with Gasteiger partial charge in [-0.2, -0.15) is 0 Å². The second-order valence-corrected chi connectivity index (χ2v) is 4.91. The van der Waals surface area contributed by atoms with Gasteiger partial charge in [0.05, 0.1) is 6.61 Å². The van der Waals surface area contributed by atoms with E-state index in [0.29, 0.717) is 0 Å². The van der Waals surface area contributed by atoms with Crippen LogP contribution < -0.4 is 5.73 Å². The second kappa shape index (κ2) is 4.51. The van der Waals surface area contributed by atoms with Crippen LogP contribution in [0.4, 0.5) is 4.39 Å². The van der Waals surface area contributed by atoms with Crippen molar-refractivity contribution in [2.75, 3.05) is 12.4 Å². The number of aliphatic hydroxyl groups is 1. The van der Waals surface area contributed by atoms with Gasteiger partial charge in [0.1, 0.15) is 5.82 Å². The van der Waals surface area contributed by atoms with Crippen molar-refractivity contribution in [3.05, 3.63) is 29.6 Å². The molecule has 1 aliphatic rings.